The molecule has 3 aromatic carbocycles. The van der Waals surface area contributed by atoms with Crippen LogP contribution in [-0.2, 0) is 31.1 Å². The molecule has 47 heavy (non-hydrogen) atoms. The second-order valence-corrected chi connectivity index (χ2v) is 12.9. The fourth-order valence-electron chi connectivity index (χ4n) is 5.27. The zero-order valence-electron chi connectivity index (χ0n) is 24.9. The average Bonchev–Trinajstić information content (AvgIpc) is 3.46. The molecular weight excluding hydrogens is 641 g/mol. The van der Waals surface area contributed by atoms with Gasteiger partial charge in [-0.3, -0.25) is 14.6 Å². The van der Waals surface area contributed by atoms with Gasteiger partial charge >= 0.3 is 12.1 Å². The smallest absolute Gasteiger partial charge is 0.489 e. The number of alkyl halides is 3. The third kappa shape index (κ3) is 7.86. The number of nitrogens with zero attached hydrogens (tertiary/aromatic N) is 2. The summed E-state index contributed by atoms with van der Waals surface area (Å²) in [5.41, 5.74) is 2.62. The predicted molar refractivity (Wildman–Crippen MR) is 162 cm³/mol. The van der Waals surface area contributed by atoms with E-state index in [-0.39, 0.29) is 36.6 Å². The van der Waals surface area contributed by atoms with Crippen molar-refractivity contribution in [3.05, 3.63) is 102 Å². The van der Waals surface area contributed by atoms with Crippen molar-refractivity contribution in [2.75, 3.05) is 13.1 Å². The normalized spacial score (nSPS) is 16.9. The number of hydrogen-bond donors (Lipinski definition) is 2. The zero-order valence-corrected chi connectivity index (χ0v) is 25.7. The van der Waals surface area contributed by atoms with Crippen molar-refractivity contribution in [1.29, 1.82) is 0 Å². The molecule has 5 rings (SSSR count). The molecule has 0 bridgehead atoms. The minimum atomic E-state index is -5.35. The number of fused-ring (bicyclic) bond motifs is 1. The highest BCUT2D eigenvalue weighted by atomic mass is 32.2. The van der Waals surface area contributed by atoms with E-state index in [0.29, 0.717) is 5.75 Å². The first kappa shape index (κ1) is 33.3. The lowest BCUT2D eigenvalue weighted by Crippen LogP contribution is -2.53. The number of aryl methyl sites for hydroxylation is 1. The number of amides is 2. The summed E-state index contributed by atoms with van der Waals surface area (Å²) in [6.07, 6.45) is -6.11. The van der Waals surface area contributed by atoms with Crippen LogP contribution in [-0.4, -0.2) is 60.3 Å². The largest absolute Gasteiger partial charge is 0.493 e. The summed E-state index contributed by atoms with van der Waals surface area (Å²) in [4.78, 5) is 45.5. The Labute approximate surface area is 267 Å². The molecule has 246 valence electrons. The summed E-state index contributed by atoms with van der Waals surface area (Å²) in [7, 11) is -4.05. The van der Waals surface area contributed by atoms with Gasteiger partial charge in [0.05, 0.1) is 22.4 Å². The van der Waals surface area contributed by atoms with Crippen LogP contribution >= 0.6 is 0 Å². The van der Waals surface area contributed by atoms with Gasteiger partial charge in [0.25, 0.3) is 11.8 Å². The number of pyridine rings is 1. The molecule has 2 N–H and O–H groups in total. The van der Waals surface area contributed by atoms with Crippen LogP contribution in [0.25, 0.3) is 10.9 Å². The first-order valence-corrected chi connectivity index (χ1v) is 15.7. The van der Waals surface area contributed by atoms with Gasteiger partial charge in [0.15, 0.2) is 0 Å². The van der Waals surface area contributed by atoms with E-state index in [4.69, 9.17) is 4.74 Å². The Balaban J connectivity index is 1.30. The summed E-state index contributed by atoms with van der Waals surface area (Å²) in [6.45, 7) is 1.63. The number of nitrogens with one attached hydrogen (secondary N) is 2. The second kappa shape index (κ2) is 13.4. The van der Waals surface area contributed by atoms with Crippen molar-refractivity contribution in [3.63, 3.8) is 0 Å². The lowest BCUT2D eigenvalue weighted by molar-refractivity contribution is -0.207. The summed E-state index contributed by atoms with van der Waals surface area (Å²) in [5.74, 6) is -4.03. The standard InChI is InChI=1S/C32H29F3N4O7S/c1-21-17-23(26-9-5-6-10-27(26)36-21)19-45-24-13-11-22(12-14-24)29(41)37-31(18-28(40)38-46-30(42)32(33,34)35)15-16-39(20-31)47(43,44)25-7-3-2-4-8-25/h2-14,17H,15-16,18-20H2,1H3,(H,37,41)(H,38,40). The molecule has 1 saturated heterocycles. The van der Waals surface area contributed by atoms with E-state index in [2.05, 4.69) is 15.1 Å². The van der Waals surface area contributed by atoms with Crippen LogP contribution in [0.4, 0.5) is 13.2 Å². The van der Waals surface area contributed by atoms with Gasteiger partial charge in [-0.05, 0) is 61.9 Å². The number of aromatic nitrogens is 1. The van der Waals surface area contributed by atoms with Gasteiger partial charge in [-0.2, -0.15) is 23.0 Å². The monoisotopic (exact) mass is 670 g/mol. The molecule has 0 spiro atoms. The van der Waals surface area contributed by atoms with Gasteiger partial charge in [-0.25, -0.2) is 13.2 Å². The number of hydrogen-bond acceptors (Lipinski definition) is 8. The lowest BCUT2D eigenvalue weighted by Gasteiger charge is -2.30. The Morgan fingerprint density at radius 3 is 2.36 bits per heavy atom. The van der Waals surface area contributed by atoms with E-state index in [1.54, 1.807) is 18.2 Å². The maximum absolute atomic E-state index is 13.4. The molecule has 1 aliphatic rings. The summed E-state index contributed by atoms with van der Waals surface area (Å²) in [6, 6.07) is 23.2. The van der Waals surface area contributed by atoms with Gasteiger partial charge < -0.3 is 14.9 Å². The van der Waals surface area contributed by atoms with E-state index in [1.807, 2.05) is 37.3 Å². The Kier molecular flexibility index (Phi) is 9.49. The maximum Gasteiger partial charge on any atom is 0.493 e. The van der Waals surface area contributed by atoms with Gasteiger partial charge in [0.2, 0.25) is 10.0 Å². The Bertz CT molecular complexity index is 1910. The van der Waals surface area contributed by atoms with Crippen LogP contribution in [0.1, 0.15) is 34.5 Å². The number of benzene rings is 3. The fourth-order valence-corrected chi connectivity index (χ4v) is 6.81. The number of carbonyl (C=O) groups excluding carboxylic acids is 3. The van der Waals surface area contributed by atoms with E-state index in [0.717, 1.165) is 26.5 Å². The van der Waals surface area contributed by atoms with Crippen LogP contribution in [0.5, 0.6) is 5.75 Å². The highest BCUT2D eigenvalue weighted by Crippen LogP contribution is 2.31. The molecule has 1 unspecified atom stereocenters. The molecule has 0 saturated carbocycles. The highest BCUT2D eigenvalue weighted by Gasteiger charge is 2.46. The summed E-state index contributed by atoms with van der Waals surface area (Å²) in [5, 5.41) is 3.64. The molecule has 1 aromatic heterocycles. The summed E-state index contributed by atoms with van der Waals surface area (Å²) >= 11 is 0. The topological polar surface area (TPSA) is 144 Å². The third-order valence-electron chi connectivity index (χ3n) is 7.51. The molecule has 1 atom stereocenters. The highest BCUT2D eigenvalue weighted by molar-refractivity contribution is 7.89. The molecule has 11 nitrogen and oxygen atoms in total. The number of carbonyl (C=O) groups is 3. The van der Waals surface area contributed by atoms with Crippen molar-refractivity contribution < 1.29 is 45.5 Å². The number of ether oxygens (including phenoxy) is 1. The second-order valence-electron chi connectivity index (χ2n) is 11.0. The zero-order chi connectivity index (χ0) is 33.8. The Morgan fingerprint density at radius 2 is 1.66 bits per heavy atom. The molecule has 2 amide bonds. The van der Waals surface area contributed by atoms with Crippen molar-refractivity contribution in [2.45, 2.75) is 43.0 Å². The van der Waals surface area contributed by atoms with E-state index >= 15 is 0 Å². The predicted octanol–water partition coefficient (Wildman–Crippen LogP) is 4.21. The third-order valence-corrected chi connectivity index (χ3v) is 9.37. The van der Waals surface area contributed by atoms with Crippen molar-refractivity contribution >= 4 is 38.7 Å². The summed E-state index contributed by atoms with van der Waals surface area (Å²) < 4.78 is 71.3. The van der Waals surface area contributed by atoms with E-state index in [9.17, 15) is 36.0 Å². The quantitative estimate of drug-likeness (QED) is 0.252. The molecular formula is C32H29F3N4O7S. The van der Waals surface area contributed by atoms with Crippen LogP contribution in [0.2, 0.25) is 0 Å². The van der Waals surface area contributed by atoms with Gasteiger partial charge in [-0.1, -0.05) is 36.4 Å². The molecule has 15 heteroatoms. The first-order valence-electron chi connectivity index (χ1n) is 14.3. The van der Waals surface area contributed by atoms with Crippen LogP contribution in [0, 0.1) is 6.92 Å². The van der Waals surface area contributed by atoms with Crippen molar-refractivity contribution in [3.8, 4) is 5.75 Å². The lowest BCUT2D eigenvalue weighted by atomic mass is 9.93. The fraction of sp³-hybridized carbons (Fsp3) is 0.250. The number of sulfonamides is 1. The van der Waals surface area contributed by atoms with E-state index in [1.165, 1.54) is 41.9 Å². The molecule has 4 aromatic rings. The van der Waals surface area contributed by atoms with E-state index < -0.39 is 45.9 Å². The average molecular weight is 671 g/mol. The van der Waals surface area contributed by atoms with Gasteiger partial charge in [0.1, 0.15) is 12.4 Å². The molecule has 2 heterocycles. The van der Waals surface area contributed by atoms with Gasteiger partial charge in [0, 0.05) is 35.3 Å². The molecule has 0 radical (unpaired) electrons. The molecule has 1 aliphatic heterocycles. The van der Waals surface area contributed by atoms with Crippen LogP contribution in [0.15, 0.2) is 89.8 Å². The Hall–Kier alpha value is -5.02. The van der Waals surface area contributed by atoms with Gasteiger partial charge in [-0.15, -0.1) is 0 Å². The van der Waals surface area contributed by atoms with Crippen molar-refractivity contribution in [2.24, 2.45) is 0 Å². The number of hydroxylamine groups is 1. The molecule has 1 fully saturated rings. The molecule has 0 aliphatic carbocycles. The SMILES string of the molecule is Cc1cc(COc2ccc(C(=O)NC3(CC(=O)NOC(=O)C(F)(F)F)CCN(S(=O)(=O)c4ccccc4)C3)cc2)c2ccccc2n1. The minimum Gasteiger partial charge on any atom is -0.489 e. The minimum absolute atomic E-state index is 0.0174. The van der Waals surface area contributed by atoms with Crippen molar-refractivity contribution in [1.82, 2.24) is 20.1 Å². The first-order chi connectivity index (χ1) is 22.3. The number of para-hydroxylation sites is 1. The van der Waals surface area contributed by atoms with Crippen LogP contribution in [0.3, 0.4) is 0 Å². The number of halogens is 3. The van der Waals surface area contributed by atoms with Crippen LogP contribution < -0.4 is 15.5 Å². The number of rotatable bonds is 9. The maximum atomic E-state index is 13.4. The Morgan fingerprint density at radius 1 is 0.979 bits per heavy atom.